The molecule has 2 heteroatoms. The molecule has 0 amide bonds. The third-order valence-electron chi connectivity index (χ3n) is 7.99. The van der Waals surface area contributed by atoms with Crippen LogP contribution in [0.4, 0.5) is 0 Å². The van der Waals surface area contributed by atoms with Crippen molar-refractivity contribution >= 4 is 0 Å². The average molecular weight is 503 g/mol. The van der Waals surface area contributed by atoms with Crippen molar-refractivity contribution in [2.45, 2.75) is 182 Å². The lowest BCUT2D eigenvalue weighted by molar-refractivity contribution is 0.429. The van der Waals surface area contributed by atoms with Crippen molar-refractivity contribution < 1.29 is 10.2 Å². The van der Waals surface area contributed by atoms with E-state index in [1.807, 2.05) is 0 Å². The lowest BCUT2D eigenvalue weighted by Gasteiger charge is -2.22. The second-order valence-corrected chi connectivity index (χ2v) is 11.3. The van der Waals surface area contributed by atoms with Gasteiger partial charge in [0.05, 0.1) is 0 Å². The minimum absolute atomic E-state index is 0.547. The van der Waals surface area contributed by atoms with E-state index in [1.165, 1.54) is 103 Å². The first-order chi connectivity index (χ1) is 17.6. The number of hydrogen-bond acceptors (Lipinski definition) is 2. The first-order valence-electron chi connectivity index (χ1n) is 16.2. The number of benzene rings is 1. The van der Waals surface area contributed by atoms with Gasteiger partial charge in [0.25, 0.3) is 0 Å². The van der Waals surface area contributed by atoms with Crippen LogP contribution in [0.1, 0.15) is 178 Å². The fourth-order valence-electron chi connectivity index (χ4n) is 5.63. The molecule has 0 heterocycles. The second-order valence-electron chi connectivity index (χ2n) is 11.3. The number of unbranched alkanes of at least 4 members (excludes halogenated alkanes) is 16. The fourth-order valence-corrected chi connectivity index (χ4v) is 5.63. The van der Waals surface area contributed by atoms with E-state index in [1.54, 1.807) is 0 Å². The van der Waals surface area contributed by atoms with Crippen molar-refractivity contribution in [2.75, 3.05) is 0 Å². The van der Waals surface area contributed by atoms with Crippen LogP contribution in [0.25, 0.3) is 0 Å². The normalized spacial score (nSPS) is 11.4. The van der Waals surface area contributed by atoms with Gasteiger partial charge in [0.1, 0.15) is 11.5 Å². The van der Waals surface area contributed by atoms with Gasteiger partial charge in [0.2, 0.25) is 0 Å². The first-order valence-corrected chi connectivity index (χ1v) is 16.2. The Balaban J connectivity index is 3.16. The summed E-state index contributed by atoms with van der Waals surface area (Å²) in [4.78, 5) is 0. The van der Waals surface area contributed by atoms with Crippen LogP contribution < -0.4 is 0 Å². The summed E-state index contributed by atoms with van der Waals surface area (Å²) in [6.07, 6.45) is 28.2. The maximum absolute atomic E-state index is 11.7. The summed E-state index contributed by atoms with van der Waals surface area (Å²) in [7, 11) is 0. The summed E-state index contributed by atoms with van der Waals surface area (Å²) in [6.45, 7) is 9.03. The van der Waals surface area contributed by atoms with Crippen LogP contribution in [0.3, 0.4) is 0 Å². The van der Waals surface area contributed by atoms with Gasteiger partial charge < -0.3 is 10.2 Å². The topological polar surface area (TPSA) is 40.5 Å². The zero-order chi connectivity index (χ0) is 26.4. The second kappa shape index (κ2) is 21.9. The number of rotatable bonds is 24. The van der Waals surface area contributed by atoms with E-state index in [-0.39, 0.29) is 0 Å². The Morgan fingerprint density at radius 3 is 0.694 bits per heavy atom. The van der Waals surface area contributed by atoms with Crippen LogP contribution in [-0.2, 0) is 25.7 Å². The molecule has 36 heavy (non-hydrogen) atoms. The first kappa shape index (κ1) is 32.8. The Morgan fingerprint density at radius 1 is 0.306 bits per heavy atom. The van der Waals surface area contributed by atoms with E-state index in [9.17, 15) is 10.2 Å². The van der Waals surface area contributed by atoms with E-state index < -0.39 is 0 Å². The maximum atomic E-state index is 11.7. The summed E-state index contributed by atoms with van der Waals surface area (Å²) in [5, 5.41) is 23.3. The smallest absolute Gasteiger partial charge is 0.122 e. The van der Waals surface area contributed by atoms with Crippen molar-refractivity contribution in [3.8, 4) is 11.5 Å². The third-order valence-corrected chi connectivity index (χ3v) is 7.99. The van der Waals surface area contributed by atoms with E-state index in [2.05, 4.69) is 27.7 Å². The quantitative estimate of drug-likeness (QED) is 0.109. The van der Waals surface area contributed by atoms with Crippen LogP contribution in [0, 0.1) is 0 Å². The molecular weight excluding hydrogens is 440 g/mol. The van der Waals surface area contributed by atoms with Gasteiger partial charge in [0, 0.05) is 22.3 Å². The number of aromatic hydroxyl groups is 2. The average Bonchev–Trinajstić information content (AvgIpc) is 2.88. The van der Waals surface area contributed by atoms with Crippen molar-refractivity contribution in [3.05, 3.63) is 22.3 Å². The molecule has 1 rings (SSSR count). The molecule has 0 aliphatic heterocycles. The van der Waals surface area contributed by atoms with Gasteiger partial charge in [-0.25, -0.2) is 0 Å². The fraction of sp³-hybridized carbons (Fsp3) is 0.824. The Labute approximate surface area is 225 Å². The SMILES string of the molecule is CCCCCCCc1c(O)c(CCCCCCC)c(CCCCCCC)c(O)c1CCCCCCC. The van der Waals surface area contributed by atoms with Crippen molar-refractivity contribution in [1.29, 1.82) is 0 Å². The molecule has 0 spiro atoms. The van der Waals surface area contributed by atoms with E-state index >= 15 is 0 Å². The van der Waals surface area contributed by atoms with Crippen LogP contribution in [0.5, 0.6) is 11.5 Å². The third kappa shape index (κ3) is 12.9. The lowest BCUT2D eigenvalue weighted by Crippen LogP contribution is -2.06. The maximum Gasteiger partial charge on any atom is 0.122 e. The molecule has 0 aliphatic rings. The molecule has 0 bridgehead atoms. The molecule has 0 unspecified atom stereocenters. The minimum atomic E-state index is 0.547. The number of phenols is 2. The van der Waals surface area contributed by atoms with Crippen molar-refractivity contribution in [3.63, 3.8) is 0 Å². The van der Waals surface area contributed by atoms with Crippen LogP contribution in [-0.4, -0.2) is 10.2 Å². The van der Waals surface area contributed by atoms with Gasteiger partial charge in [-0.15, -0.1) is 0 Å². The van der Waals surface area contributed by atoms with E-state index in [0.29, 0.717) is 11.5 Å². The number of hydrogen-bond donors (Lipinski definition) is 2. The predicted octanol–water partition coefficient (Wildman–Crippen LogP) is 11.1. The summed E-state index contributed by atoms with van der Waals surface area (Å²) < 4.78 is 0. The zero-order valence-corrected chi connectivity index (χ0v) is 24.9. The van der Waals surface area contributed by atoms with Gasteiger partial charge in [-0.1, -0.05) is 130 Å². The van der Waals surface area contributed by atoms with Gasteiger partial charge >= 0.3 is 0 Å². The van der Waals surface area contributed by atoms with Gasteiger partial charge in [-0.05, 0) is 51.4 Å². The Hall–Kier alpha value is -1.18. The summed E-state index contributed by atoms with van der Waals surface area (Å²) in [5.74, 6) is 1.09. The Bertz CT molecular complexity index is 554. The highest BCUT2D eigenvalue weighted by atomic mass is 16.3. The molecule has 1 aromatic carbocycles. The molecule has 0 aliphatic carbocycles. The molecule has 0 saturated carbocycles. The zero-order valence-electron chi connectivity index (χ0n) is 24.9. The highest BCUT2D eigenvalue weighted by Gasteiger charge is 2.22. The monoisotopic (exact) mass is 502 g/mol. The molecule has 0 radical (unpaired) electrons. The minimum Gasteiger partial charge on any atom is -0.507 e. The summed E-state index contributed by atoms with van der Waals surface area (Å²) in [6, 6.07) is 0. The van der Waals surface area contributed by atoms with Crippen LogP contribution >= 0.6 is 0 Å². The van der Waals surface area contributed by atoms with Crippen molar-refractivity contribution in [1.82, 2.24) is 0 Å². The molecule has 2 nitrogen and oxygen atoms in total. The molecule has 0 atom stereocenters. The molecule has 0 aromatic heterocycles. The predicted molar refractivity (Wildman–Crippen MR) is 160 cm³/mol. The number of phenolic OH excluding ortho intramolecular Hbond substituents is 2. The Kier molecular flexibility index (Phi) is 19.9. The lowest BCUT2D eigenvalue weighted by atomic mass is 9.85. The van der Waals surface area contributed by atoms with Crippen LogP contribution in [0.15, 0.2) is 0 Å². The highest BCUT2D eigenvalue weighted by molar-refractivity contribution is 5.58. The van der Waals surface area contributed by atoms with Gasteiger partial charge in [0.15, 0.2) is 0 Å². The molecule has 0 saturated heterocycles. The van der Waals surface area contributed by atoms with Gasteiger partial charge in [-0.2, -0.15) is 0 Å². The van der Waals surface area contributed by atoms with Crippen molar-refractivity contribution in [2.24, 2.45) is 0 Å². The Morgan fingerprint density at radius 2 is 0.500 bits per heavy atom. The molecule has 0 fully saturated rings. The molecule has 2 N–H and O–H groups in total. The molecular formula is C34H62O2. The van der Waals surface area contributed by atoms with E-state index in [0.717, 1.165) is 73.6 Å². The van der Waals surface area contributed by atoms with E-state index in [4.69, 9.17) is 0 Å². The standard InChI is InChI=1S/C34H62O2/c1-5-9-13-17-21-25-29-30(26-22-18-14-10-6-2)34(36)32(28-24-20-16-12-8-4)31(33(29)35)27-23-19-15-11-7-3/h35-36H,5-28H2,1-4H3. The molecule has 210 valence electrons. The van der Waals surface area contributed by atoms with Gasteiger partial charge in [-0.3, -0.25) is 0 Å². The largest absolute Gasteiger partial charge is 0.507 e. The summed E-state index contributed by atoms with van der Waals surface area (Å²) in [5.41, 5.74) is 4.33. The van der Waals surface area contributed by atoms with Crippen LogP contribution in [0.2, 0.25) is 0 Å². The summed E-state index contributed by atoms with van der Waals surface area (Å²) >= 11 is 0. The highest BCUT2D eigenvalue weighted by Crippen LogP contribution is 2.41. The molecule has 1 aromatic rings.